The van der Waals surface area contributed by atoms with Gasteiger partial charge in [0.1, 0.15) is 0 Å². The number of carbonyl (C=O) groups is 1. The van der Waals surface area contributed by atoms with Crippen molar-refractivity contribution >= 4 is 34.3 Å². The van der Waals surface area contributed by atoms with E-state index in [0.29, 0.717) is 28.3 Å². The Balaban J connectivity index is 1.60. The Morgan fingerprint density at radius 2 is 1.41 bits per heavy atom. The van der Waals surface area contributed by atoms with Gasteiger partial charge in [-0.2, -0.15) is 0 Å². The summed E-state index contributed by atoms with van der Waals surface area (Å²) < 4.78 is 0. The van der Waals surface area contributed by atoms with Crippen LogP contribution in [-0.2, 0) is 11.2 Å². The molecule has 0 fully saturated rings. The quantitative estimate of drug-likeness (QED) is 0.219. The number of benzene rings is 4. The molecule has 168 valence electrons. The van der Waals surface area contributed by atoms with Crippen LogP contribution in [0.25, 0.3) is 11.1 Å². The second kappa shape index (κ2) is 8.61. The Morgan fingerprint density at radius 1 is 0.765 bits per heavy atom. The summed E-state index contributed by atoms with van der Waals surface area (Å²) in [6.45, 7) is 0. The minimum Gasteiger partial charge on any atom is -0.504 e. The number of phenols is 3. The van der Waals surface area contributed by atoms with Crippen LogP contribution >= 0.6 is 11.6 Å². The summed E-state index contributed by atoms with van der Waals surface area (Å²) in [6.07, 6.45) is 0.395. The van der Waals surface area contributed by atoms with Crippen molar-refractivity contribution in [1.82, 2.24) is 0 Å². The summed E-state index contributed by atoms with van der Waals surface area (Å²) in [5.74, 6) is -1.51. The predicted octanol–water partition coefficient (Wildman–Crippen LogP) is 5.96. The maximum absolute atomic E-state index is 13.2. The number of nitrogens with one attached hydrogen (secondary N) is 1. The van der Waals surface area contributed by atoms with Gasteiger partial charge >= 0.3 is 0 Å². The molecule has 0 unspecified atom stereocenters. The number of halogens is 1. The second-order valence-corrected chi connectivity index (χ2v) is 8.55. The SMILES string of the molecule is O=C1Nc2cc(Cc3cc(O)c(O)c(O)c3)ccc2/C1=C(\c1ccccc1)c1ccc(Cl)cc1. The van der Waals surface area contributed by atoms with Crippen molar-refractivity contribution in [3.63, 3.8) is 0 Å². The van der Waals surface area contributed by atoms with E-state index in [1.807, 2.05) is 60.7 Å². The van der Waals surface area contributed by atoms with Crippen LogP contribution in [0.5, 0.6) is 17.2 Å². The third kappa shape index (κ3) is 3.98. The summed E-state index contributed by atoms with van der Waals surface area (Å²) in [6, 6.07) is 25.7. The first kappa shape index (κ1) is 21.6. The zero-order valence-electron chi connectivity index (χ0n) is 17.9. The van der Waals surface area contributed by atoms with E-state index in [9.17, 15) is 20.1 Å². The van der Waals surface area contributed by atoms with Crippen molar-refractivity contribution in [2.75, 3.05) is 5.32 Å². The lowest BCUT2D eigenvalue weighted by atomic mass is 9.89. The zero-order chi connectivity index (χ0) is 23.8. The number of rotatable bonds is 4. The van der Waals surface area contributed by atoms with Gasteiger partial charge in [-0.1, -0.05) is 66.2 Å². The van der Waals surface area contributed by atoms with Crippen molar-refractivity contribution in [3.05, 3.63) is 118 Å². The van der Waals surface area contributed by atoms with Crippen LogP contribution in [0, 0.1) is 0 Å². The van der Waals surface area contributed by atoms with E-state index in [1.54, 1.807) is 12.1 Å². The molecule has 5 nitrogen and oxygen atoms in total. The van der Waals surface area contributed by atoms with Gasteiger partial charge < -0.3 is 20.6 Å². The fraction of sp³-hybridized carbons (Fsp3) is 0.0357. The van der Waals surface area contributed by atoms with Gasteiger partial charge in [0.2, 0.25) is 0 Å². The van der Waals surface area contributed by atoms with Gasteiger partial charge in [0.25, 0.3) is 5.91 Å². The second-order valence-electron chi connectivity index (χ2n) is 8.12. The van der Waals surface area contributed by atoms with E-state index in [4.69, 9.17) is 11.6 Å². The third-order valence-electron chi connectivity index (χ3n) is 5.81. The maximum Gasteiger partial charge on any atom is 0.257 e. The Bertz CT molecular complexity index is 1420. The topological polar surface area (TPSA) is 89.8 Å². The monoisotopic (exact) mass is 469 g/mol. The van der Waals surface area contributed by atoms with Crippen LogP contribution in [0.4, 0.5) is 5.69 Å². The summed E-state index contributed by atoms with van der Waals surface area (Å²) >= 11 is 6.10. The third-order valence-corrected chi connectivity index (χ3v) is 6.06. The molecule has 0 radical (unpaired) electrons. The Labute approximate surface area is 201 Å². The molecule has 1 heterocycles. The zero-order valence-corrected chi connectivity index (χ0v) is 18.7. The molecule has 0 bridgehead atoms. The number of hydrogen-bond acceptors (Lipinski definition) is 4. The molecule has 4 aromatic carbocycles. The van der Waals surface area contributed by atoms with Gasteiger partial charge in [0.15, 0.2) is 17.2 Å². The Kier molecular flexibility index (Phi) is 5.48. The van der Waals surface area contributed by atoms with Crippen LogP contribution in [-0.4, -0.2) is 21.2 Å². The van der Waals surface area contributed by atoms with E-state index in [1.165, 1.54) is 12.1 Å². The van der Waals surface area contributed by atoms with E-state index >= 15 is 0 Å². The standard InChI is InChI=1S/C28H20ClNO4/c29-20-9-7-19(8-10-20)25(18-4-2-1-3-5-18)26-21-11-6-16(13-22(21)30-28(26)34)12-17-14-23(31)27(33)24(32)15-17/h1-11,13-15,31-33H,12H2,(H,30,34)/b26-25-. The highest BCUT2D eigenvalue weighted by molar-refractivity contribution is 6.38. The van der Waals surface area contributed by atoms with Crippen molar-refractivity contribution in [1.29, 1.82) is 0 Å². The van der Waals surface area contributed by atoms with Gasteiger partial charge in [-0.25, -0.2) is 0 Å². The van der Waals surface area contributed by atoms with Gasteiger partial charge in [-0.05, 0) is 59.0 Å². The molecule has 1 amide bonds. The van der Waals surface area contributed by atoms with Crippen molar-refractivity contribution in [2.24, 2.45) is 0 Å². The highest BCUT2D eigenvalue weighted by Gasteiger charge is 2.29. The van der Waals surface area contributed by atoms with Crippen LogP contribution in [0.1, 0.15) is 27.8 Å². The van der Waals surface area contributed by atoms with Gasteiger partial charge in [-0.3, -0.25) is 4.79 Å². The smallest absolute Gasteiger partial charge is 0.257 e. The van der Waals surface area contributed by atoms with E-state index < -0.39 is 5.75 Å². The highest BCUT2D eigenvalue weighted by Crippen LogP contribution is 2.41. The number of amides is 1. The molecule has 0 saturated carbocycles. The minimum atomic E-state index is -0.546. The first-order chi connectivity index (χ1) is 16.4. The van der Waals surface area contributed by atoms with Crippen molar-refractivity contribution < 1.29 is 20.1 Å². The molecule has 1 aliphatic rings. The maximum atomic E-state index is 13.2. The lowest BCUT2D eigenvalue weighted by Gasteiger charge is -2.13. The largest absolute Gasteiger partial charge is 0.504 e. The average Bonchev–Trinajstić information content (AvgIpc) is 3.14. The first-order valence-electron chi connectivity index (χ1n) is 10.6. The molecule has 34 heavy (non-hydrogen) atoms. The predicted molar refractivity (Wildman–Crippen MR) is 133 cm³/mol. The number of anilines is 1. The van der Waals surface area contributed by atoms with Gasteiger partial charge in [0.05, 0.1) is 5.57 Å². The molecule has 1 aliphatic heterocycles. The Morgan fingerprint density at radius 3 is 2.09 bits per heavy atom. The van der Waals surface area contributed by atoms with Gasteiger partial charge in [-0.15, -0.1) is 0 Å². The summed E-state index contributed by atoms with van der Waals surface area (Å²) in [5.41, 5.74) is 6.17. The lowest BCUT2D eigenvalue weighted by Crippen LogP contribution is -2.06. The van der Waals surface area contributed by atoms with Gasteiger partial charge in [0, 0.05) is 21.8 Å². The summed E-state index contributed by atoms with van der Waals surface area (Å²) in [7, 11) is 0. The van der Waals surface area contributed by atoms with Crippen LogP contribution < -0.4 is 5.32 Å². The molecule has 5 rings (SSSR count). The summed E-state index contributed by atoms with van der Waals surface area (Å²) in [4.78, 5) is 13.2. The molecule has 4 N–H and O–H groups in total. The molecule has 0 aromatic heterocycles. The first-order valence-corrected chi connectivity index (χ1v) is 11.0. The van der Waals surface area contributed by atoms with Crippen LogP contribution in [0.15, 0.2) is 84.9 Å². The molecule has 0 spiro atoms. The molecular weight excluding hydrogens is 450 g/mol. The van der Waals surface area contributed by atoms with Crippen molar-refractivity contribution in [2.45, 2.75) is 6.42 Å². The molecule has 0 atom stereocenters. The molecule has 6 heteroatoms. The number of carbonyl (C=O) groups excluding carboxylic acids is 1. The fourth-order valence-corrected chi connectivity index (χ4v) is 4.38. The molecule has 4 aromatic rings. The van der Waals surface area contributed by atoms with E-state index in [2.05, 4.69) is 5.32 Å². The number of aromatic hydroxyl groups is 3. The summed E-state index contributed by atoms with van der Waals surface area (Å²) in [5, 5.41) is 32.8. The Hall–Kier alpha value is -4.22. The molecule has 0 aliphatic carbocycles. The van der Waals surface area contributed by atoms with Crippen molar-refractivity contribution in [3.8, 4) is 17.2 Å². The van der Waals surface area contributed by atoms with Crippen LogP contribution in [0.3, 0.4) is 0 Å². The normalized spacial score (nSPS) is 14.0. The highest BCUT2D eigenvalue weighted by atomic mass is 35.5. The fourth-order valence-electron chi connectivity index (χ4n) is 4.25. The minimum absolute atomic E-state index is 0.194. The number of hydrogen-bond donors (Lipinski definition) is 4. The molecule has 0 saturated heterocycles. The van der Waals surface area contributed by atoms with E-state index in [-0.39, 0.29) is 17.4 Å². The molecular formula is C28H20ClNO4. The number of fused-ring (bicyclic) bond motifs is 1. The average molecular weight is 470 g/mol. The number of phenolic OH excluding ortho intramolecular Hbond substituents is 3. The van der Waals surface area contributed by atoms with E-state index in [0.717, 1.165) is 27.8 Å². The lowest BCUT2D eigenvalue weighted by molar-refractivity contribution is -0.110. The van der Waals surface area contributed by atoms with Crippen LogP contribution in [0.2, 0.25) is 5.02 Å².